The van der Waals surface area contributed by atoms with Gasteiger partial charge in [-0.15, -0.1) is 0 Å². The molecule has 2 aromatic carbocycles. The first-order chi connectivity index (χ1) is 13.0. The standard InChI is InChI=1S/C21H20FN3O2/c1-3-14-4-6-15(7-5-14)20-23-21(27-24-20)16-11-19(26)25(12-16)17-8-9-18(22)13(2)10-17/h4-10,16H,3,11-12H2,1-2H3. The van der Waals surface area contributed by atoms with Gasteiger partial charge in [0, 0.05) is 24.2 Å². The lowest BCUT2D eigenvalue weighted by molar-refractivity contribution is -0.117. The fourth-order valence-corrected chi connectivity index (χ4v) is 3.33. The van der Waals surface area contributed by atoms with E-state index in [1.807, 2.05) is 24.3 Å². The summed E-state index contributed by atoms with van der Waals surface area (Å²) in [6.45, 7) is 4.23. The van der Waals surface area contributed by atoms with Crippen molar-refractivity contribution < 1.29 is 13.7 Å². The second kappa shape index (κ2) is 6.95. The minimum absolute atomic E-state index is 0.0296. The SMILES string of the molecule is CCc1ccc(-c2noc(C3CC(=O)N(c4ccc(F)c(C)c4)C3)n2)cc1. The van der Waals surface area contributed by atoms with Crippen molar-refractivity contribution in [1.82, 2.24) is 10.1 Å². The molecule has 0 N–H and O–H groups in total. The summed E-state index contributed by atoms with van der Waals surface area (Å²) in [6.07, 6.45) is 1.27. The molecule has 1 amide bonds. The van der Waals surface area contributed by atoms with Crippen molar-refractivity contribution in [3.05, 3.63) is 65.3 Å². The molecule has 2 heterocycles. The molecule has 1 aliphatic heterocycles. The average molecular weight is 365 g/mol. The van der Waals surface area contributed by atoms with Crippen molar-refractivity contribution in [2.75, 3.05) is 11.4 Å². The summed E-state index contributed by atoms with van der Waals surface area (Å²) in [5.74, 6) is 0.505. The van der Waals surface area contributed by atoms with E-state index in [0.29, 0.717) is 35.9 Å². The number of halogens is 1. The lowest BCUT2D eigenvalue weighted by Crippen LogP contribution is -2.24. The Balaban J connectivity index is 1.53. The molecule has 1 aliphatic rings. The highest BCUT2D eigenvalue weighted by Crippen LogP contribution is 2.32. The molecule has 138 valence electrons. The van der Waals surface area contributed by atoms with Gasteiger partial charge < -0.3 is 9.42 Å². The number of aromatic nitrogens is 2. The van der Waals surface area contributed by atoms with Gasteiger partial charge in [0.15, 0.2) is 0 Å². The van der Waals surface area contributed by atoms with Gasteiger partial charge in [-0.05, 0) is 42.7 Å². The summed E-state index contributed by atoms with van der Waals surface area (Å²) in [7, 11) is 0. The van der Waals surface area contributed by atoms with Gasteiger partial charge in [-0.1, -0.05) is 36.3 Å². The number of aryl methyl sites for hydroxylation is 2. The van der Waals surface area contributed by atoms with Gasteiger partial charge in [0.25, 0.3) is 0 Å². The number of rotatable bonds is 4. The summed E-state index contributed by atoms with van der Waals surface area (Å²) in [6, 6.07) is 12.7. The van der Waals surface area contributed by atoms with E-state index in [9.17, 15) is 9.18 Å². The fraction of sp³-hybridized carbons (Fsp3) is 0.286. The number of benzene rings is 2. The Kier molecular flexibility index (Phi) is 4.48. The molecule has 0 spiro atoms. The van der Waals surface area contributed by atoms with E-state index in [1.54, 1.807) is 24.0 Å². The molecule has 3 aromatic rings. The van der Waals surface area contributed by atoms with E-state index in [2.05, 4.69) is 17.1 Å². The van der Waals surface area contributed by atoms with Gasteiger partial charge >= 0.3 is 0 Å². The van der Waals surface area contributed by atoms with Gasteiger partial charge in [0.2, 0.25) is 17.6 Å². The molecule has 1 saturated heterocycles. The predicted molar refractivity (Wildman–Crippen MR) is 100.0 cm³/mol. The number of carbonyl (C=O) groups is 1. The third-order valence-electron chi connectivity index (χ3n) is 4.99. The minimum atomic E-state index is -0.280. The molecule has 1 atom stereocenters. The first kappa shape index (κ1) is 17.4. The summed E-state index contributed by atoms with van der Waals surface area (Å²) in [5.41, 5.74) is 3.34. The highest BCUT2D eigenvalue weighted by atomic mass is 19.1. The first-order valence-electron chi connectivity index (χ1n) is 9.04. The third kappa shape index (κ3) is 3.35. The van der Waals surface area contributed by atoms with E-state index in [0.717, 1.165) is 12.0 Å². The lowest BCUT2D eigenvalue weighted by Gasteiger charge is -2.16. The average Bonchev–Trinajstić information content (AvgIpc) is 3.31. The van der Waals surface area contributed by atoms with Crippen molar-refractivity contribution in [2.24, 2.45) is 0 Å². The highest BCUT2D eigenvalue weighted by molar-refractivity contribution is 5.96. The maximum absolute atomic E-state index is 13.5. The van der Waals surface area contributed by atoms with Crippen molar-refractivity contribution in [3.8, 4) is 11.4 Å². The molecule has 1 fully saturated rings. The predicted octanol–water partition coefficient (Wildman–Crippen LogP) is 4.27. The maximum Gasteiger partial charge on any atom is 0.232 e. The van der Waals surface area contributed by atoms with Crippen LogP contribution in [0.2, 0.25) is 0 Å². The van der Waals surface area contributed by atoms with E-state index >= 15 is 0 Å². The van der Waals surface area contributed by atoms with E-state index in [-0.39, 0.29) is 17.6 Å². The van der Waals surface area contributed by atoms with Gasteiger partial charge in [-0.25, -0.2) is 4.39 Å². The zero-order chi connectivity index (χ0) is 19.0. The van der Waals surface area contributed by atoms with Gasteiger partial charge in [0.05, 0.1) is 5.92 Å². The molecule has 4 rings (SSSR count). The van der Waals surface area contributed by atoms with Crippen molar-refractivity contribution in [3.63, 3.8) is 0 Å². The van der Waals surface area contributed by atoms with Crippen molar-refractivity contribution in [1.29, 1.82) is 0 Å². The van der Waals surface area contributed by atoms with E-state index in [1.165, 1.54) is 11.6 Å². The Hall–Kier alpha value is -3.02. The van der Waals surface area contributed by atoms with E-state index < -0.39 is 0 Å². The van der Waals surface area contributed by atoms with Crippen LogP contribution in [0.3, 0.4) is 0 Å². The van der Waals surface area contributed by atoms with Crippen LogP contribution < -0.4 is 4.90 Å². The third-order valence-corrected chi connectivity index (χ3v) is 4.99. The van der Waals surface area contributed by atoms with Gasteiger partial charge in [-0.2, -0.15) is 4.98 Å². The Morgan fingerprint density at radius 1 is 1.22 bits per heavy atom. The zero-order valence-corrected chi connectivity index (χ0v) is 15.3. The van der Waals surface area contributed by atoms with E-state index in [4.69, 9.17) is 4.52 Å². The van der Waals surface area contributed by atoms with Crippen LogP contribution in [0.25, 0.3) is 11.4 Å². The van der Waals surface area contributed by atoms with Crippen LogP contribution in [-0.4, -0.2) is 22.6 Å². The van der Waals surface area contributed by atoms with Crippen LogP contribution in [0.5, 0.6) is 0 Å². The Morgan fingerprint density at radius 2 is 2.00 bits per heavy atom. The summed E-state index contributed by atoms with van der Waals surface area (Å²) < 4.78 is 18.9. The normalized spacial score (nSPS) is 16.9. The molecule has 6 heteroatoms. The van der Waals surface area contributed by atoms with Crippen LogP contribution in [-0.2, 0) is 11.2 Å². The van der Waals surface area contributed by atoms with Gasteiger partial charge in [0.1, 0.15) is 5.82 Å². The Labute approximate surface area is 156 Å². The summed E-state index contributed by atoms with van der Waals surface area (Å²) in [5, 5.41) is 4.07. The van der Waals surface area contributed by atoms with Crippen LogP contribution >= 0.6 is 0 Å². The van der Waals surface area contributed by atoms with Crippen LogP contribution in [0.1, 0.15) is 36.3 Å². The van der Waals surface area contributed by atoms with Crippen LogP contribution in [0.4, 0.5) is 10.1 Å². The number of amides is 1. The quantitative estimate of drug-likeness (QED) is 0.693. The molecule has 0 saturated carbocycles. The number of anilines is 1. The second-order valence-corrected chi connectivity index (χ2v) is 6.85. The number of carbonyl (C=O) groups excluding carboxylic acids is 1. The summed E-state index contributed by atoms with van der Waals surface area (Å²) in [4.78, 5) is 18.6. The monoisotopic (exact) mass is 365 g/mol. The topological polar surface area (TPSA) is 59.2 Å². The molecule has 0 radical (unpaired) electrons. The molecule has 1 unspecified atom stereocenters. The number of nitrogens with zero attached hydrogens (tertiary/aromatic N) is 3. The zero-order valence-electron chi connectivity index (χ0n) is 15.3. The number of hydrogen-bond donors (Lipinski definition) is 0. The second-order valence-electron chi connectivity index (χ2n) is 6.85. The fourth-order valence-electron chi connectivity index (χ4n) is 3.33. The van der Waals surface area contributed by atoms with Crippen molar-refractivity contribution in [2.45, 2.75) is 32.6 Å². The lowest BCUT2D eigenvalue weighted by atomic mass is 10.1. The molecule has 0 bridgehead atoms. The molecular formula is C21H20FN3O2. The Bertz CT molecular complexity index is 981. The Morgan fingerprint density at radius 3 is 2.70 bits per heavy atom. The number of hydrogen-bond acceptors (Lipinski definition) is 4. The molecular weight excluding hydrogens is 345 g/mol. The molecule has 0 aliphatic carbocycles. The molecule has 27 heavy (non-hydrogen) atoms. The molecule has 1 aromatic heterocycles. The maximum atomic E-state index is 13.5. The molecule has 5 nitrogen and oxygen atoms in total. The minimum Gasteiger partial charge on any atom is -0.339 e. The van der Waals surface area contributed by atoms with Crippen LogP contribution in [0, 0.1) is 12.7 Å². The smallest absolute Gasteiger partial charge is 0.232 e. The van der Waals surface area contributed by atoms with Gasteiger partial charge in [-0.3, -0.25) is 4.79 Å². The highest BCUT2D eigenvalue weighted by Gasteiger charge is 2.35. The summed E-state index contributed by atoms with van der Waals surface area (Å²) >= 11 is 0. The first-order valence-corrected chi connectivity index (χ1v) is 9.04. The largest absolute Gasteiger partial charge is 0.339 e. The van der Waals surface area contributed by atoms with Crippen LogP contribution in [0.15, 0.2) is 47.0 Å². The van der Waals surface area contributed by atoms with Crippen molar-refractivity contribution >= 4 is 11.6 Å².